The van der Waals surface area contributed by atoms with Crippen LogP contribution in [0.15, 0.2) is 18.2 Å². The Morgan fingerprint density at radius 1 is 1.23 bits per heavy atom. The molecule has 120 valence electrons. The number of amides is 3. The second kappa shape index (κ2) is 6.38. The van der Waals surface area contributed by atoms with Gasteiger partial charge in [0.25, 0.3) is 5.91 Å². The summed E-state index contributed by atoms with van der Waals surface area (Å²) < 4.78 is 5.78. The highest BCUT2D eigenvalue weighted by Gasteiger charge is 2.46. The van der Waals surface area contributed by atoms with E-state index in [1.807, 2.05) is 39.0 Å². The number of carbonyl (C=O) groups is 2. The van der Waals surface area contributed by atoms with Crippen molar-refractivity contribution in [2.45, 2.75) is 46.1 Å². The molecule has 1 aliphatic rings. The number of aryl methyl sites for hydroxylation is 2. The summed E-state index contributed by atoms with van der Waals surface area (Å²) in [7, 11) is 0. The molecule has 22 heavy (non-hydrogen) atoms. The summed E-state index contributed by atoms with van der Waals surface area (Å²) in [6.07, 6.45) is 1.49. The highest BCUT2D eigenvalue weighted by molar-refractivity contribution is 6.06. The van der Waals surface area contributed by atoms with Gasteiger partial charge >= 0.3 is 6.03 Å². The van der Waals surface area contributed by atoms with Crippen molar-refractivity contribution in [3.63, 3.8) is 0 Å². The molecule has 1 aromatic rings. The normalized spacial score (nSPS) is 21.2. The number of nitrogens with one attached hydrogen (secondary N) is 1. The SMILES string of the molecule is CCC[C@]1(C)NC(=O)N(CCOc2c(C)cccc2C)C1=O. The van der Waals surface area contributed by atoms with Gasteiger partial charge in [0, 0.05) is 0 Å². The Labute approximate surface area is 131 Å². The lowest BCUT2D eigenvalue weighted by Crippen LogP contribution is -2.44. The molecule has 0 bridgehead atoms. The zero-order valence-corrected chi connectivity index (χ0v) is 13.7. The first-order valence-corrected chi connectivity index (χ1v) is 7.72. The molecule has 1 aromatic carbocycles. The monoisotopic (exact) mass is 304 g/mol. The van der Waals surface area contributed by atoms with Crippen molar-refractivity contribution in [1.29, 1.82) is 0 Å². The van der Waals surface area contributed by atoms with Crippen LogP contribution in [-0.2, 0) is 4.79 Å². The third-order valence-corrected chi connectivity index (χ3v) is 4.07. The fourth-order valence-electron chi connectivity index (χ4n) is 2.89. The first-order valence-electron chi connectivity index (χ1n) is 7.72. The molecule has 0 spiro atoms. The van der Waals surface area contributed by atoms with E-state index in [4.69, 9.17) is 4.74 Å². The maximum absolute atomic E-state index is 12.4. The smallest absolute Gasteiger partial charge is 0.325 e. The largest absolute Gasteiger partial charge is 0.491 e. The number of hydrogen-bond donors (Lipinski definition) is 1. The van der Waals surface area contributed by atoms with E-state index in [0.29, 0.717) is 13.0 Å². The Bertz CT molecular complexity index is 565. The molecule has 1 fully saturated rings. The van der Waals surface area contributed by atoms with Crippen LogP contribution >= 0.6 is 0 Å². The number of carbonyl (C=O) groups excluding carboxylic acids is 2. The molecule has 1 atom stereocenters. The zero-order valence-electron chi connectivity index (χ0n) is 13.7. The minimum absolute atomic E-state index is 0.163. The van der Waals surface area contributed by atoms with Crippen molar-refractivity contribution >= 4 is 11.9 Å². The molecule has 0 unspecified atom stereocenters. The predicted octanol–water partition coefficient (Wildman–Crippen LogP) is 2.79. The molecule has 0 aliphatic carbocycles. The van der Waals surface area contributed by atoms with E-state index in [9.17, 15) is 9.59 Å². The number of urea groups is 1. The second-order valence-electron chi connectivity index (χ2n) is 6.04. The first-order chi connectivity index (χ1) is 10.4. The number of rotatable bonds is 6. The van der Waals surface area contributed by atoms with Gasteiger partial charge in [0.2, 0.25) is 0 Å². The van der Waals surface area contributed by atoms with Crippen molar-refractivity contribution in [1.82, 2.24) is 10.2 Å². The number of benzene rings is 1. The standard InChI is InChI=1S/C17H24N2O3/c1-5-9-17(4)15(20)19(16(21)18-17)10-11-22-14-12(2)7-6-8-13(14)3/h6-8H,5,9-11H2,1-4H3,(H,18,21)/t17-/m0/s1. The van der Waals surface area contributed by atoms with Crippen molar-refractivity contribution < 1.29 is 14.3 Å². The van der Waals surface area contributed by atoms with Gasteiger partial charge in [0.15, 0.2) is 0 Å². The Balaban J connectivity index is 1.98. The summed E-state index contributed by atoms with van der Waals surface area (Å²) in [6.45, 7) is 8.30. The summed E-state index contributed by atoms with van der Waals surface area (Å²) >= 11 is 0. The van der Waals surface area contributed by atoms with E-state index < -0.39 is 5.54 Å². The van der Waals surface area contributed by atoms with Crippen LogP contribution in [0.2, 0.25) is 0 Å². The lowest BCUT2D eigenvalue weighted by atomic mass is 9.96. The molecule has 1 N–H and O–H groups in total. The number of ether oxygens (including phenoxy) is 1. The van der Waals surface area contributed by atoms with E-state index >= 15 is 0 Å². The average molecular weight is 304 g/mol. The van der Waals surface area contributed by atoms with Gasteiger partial charge in [-0.05, 0) is 38.3 Å². The Hall–Kier alpha value is -2.04. The van der Waals surface area contributed by atoms with Gasteiger partial charge in [-0.25, -0.2) is 4.79 Å². The summed E-state index contributed by atoms with van der Waals surface area (Å²) in [4.78, 5) is 25.6. The van der Waals surface area contributed by atoms with Crippen LogP contribution in [0.25, 0.3) is 0 Å². The van der Waals surface area contributed by atoms with Gasteiger partial charge in [-0.15, -0.1) is 0 Å². The maximum Gasteiger partial charge on any atom is 0.325 e. The van der Waals surface area contributed by atoms with Crippen LogP contribution in [-0.4, -0.2) is 35.5 Å². The minimum Gasteiger partial charge on any atom is -0.491 e. The van der Waals surface area contributed by atoms with Crippen LogP contribution in [0.5, 0.6) is 5.75 Å². The summed E-state index contributed by atoms with van der Waals surface area (Å²) in [5.74, 6) is 0.662. The van der Waals surface area contributed by atoms with E-state index in [1.54, 1.807) is 6.92 Å². The molecule has 1 heterocycles. The molecule has 2 rings (SSSR count). The third kappa shape index (κ3) is 3.08. The second-order valence-corrected chi connectivity index (χ2v) is 6.04. The van der Waals surface area contributed by atoms with Gasteiger partial charge in [-0.2, -0.15) is 0 Å². The Morgan fingerprint density at radius 2 is 1.86 bits per heavy atom. The van der Waals surface area contributed by atoms with Crippen molar-refractivity contribution in [3.8, 4) is 5.75 Å². The molecule has 0 aromatic heterocycles. The number of nitrogens with zero attached hydrogens (tertiary/aromatic N) is 1. The van der Waals surface area contributed by atoms with E-state index in [1.165, 1.54) is 4.90 Å². The van der Waals surface area contributed by atoms with E-state index in [2.05, 4.69) is 5.32 Å². The Kier molecular flexibility index (Phi) is 4.74. The lowest BCUT2D eigenvalue weighted by Gasteiger charge is -2.21. The van der Waals surface area contributed by atoms with E-state index in [0.717, 1.165) is 23.3 Å². The van der Waals surface area contributed by atoms with Crippen LogP contribution in [0.3, 0.4) is 0 Å². The van der Waals surface area contributed by atoms with Crippen LogP contribution in [0, 0.1) is 13.8 Å². The quantitative estimate of drug-likeness (QED) is 0.822. The molecule has 0 saturated carbocycles. The molecular formula is C17H24N2O3. The van der Waals surface area contributed by atoms with Crippen molar-refractivity contribution in [3.05, 3.63) is 29.3 Å². The average Bonchev–Trinajstić information content (AvgIpc) is 2.65. The zero-order chi connectivity index (χ0) is 16.3. The lowest BCUT2D eigenvalue weighted by molar-refractivity contribution is -0.131. The van der Waals surface area contributed by atoms with Crippen LogP contribution in [0.4, 0.5) is 4.79 Å². The minimum atomic E-state index is -0.773. The number of para-hydroxylation sites is 1. The number of imide groups is 1. The van der Waals surface area contributed by atoms with Gasteiger partial charge in [0.05, 0.1) is 6.54 Å². The van der Waals surface area contributed by atoms with Crippen molar-refractivity contribution in [2.75, 3.05) is 13.2 Å². The summed E-state index contributed by atoms with van der Waals surface area (Å²) in [5, 5.41) is 2.78. The van der Waals surface area contributed by atoms with Crippen LogP contribution < -0.4 is 10.1 Å². The highest BCUT2D eigenvalue weighted by Crippen LogP contribution is 2.24. The first kappa shape index (κ1) is 16.3. The summed E-state index contributed by atoms with van der Waals surface area (Å²) in [6, 6.07) is 5.61. The molecule has 5 nitrogen and oxygen atoms in total. The fraction of sp³-hybridized carbons (Fsp3) is 0.529. The molecule has 5 heteroatoms. The van der Waals surface area contributed by atoms with Gasteiger partial charge in [-0.3, -0.25) is 9.69 Å². The fourth-order valence-corrected chi connectivity index (χ4v) is 2.89. The van der Waals surface area contributed by atoms with Crippen molar-refractivity contribution in [2.24, 2.45) is 0 Å². The van der Waals surface area contributed by atoms with Crippen LogP contribution in [0.1, 0.15) is 37.8 Å². The molecule has 1 saturated heterocycles. The van der Waals surface area contributed by atoms with Gasteiger partial charge < -0.3 is 10.1 Å². The molecule has 1 aliphatic heterocycles. The summed E-state index contributed by atoms with van der Waals surface area (Å²) in [5.41, 5.74) is 1.32. The molecule has 0 radical (unpaired) electrons. The predicted molar refractivity (Wildman–Crippen MR) is 85.0 cm³/mol. The highest BCUT2D eigenvalue weighted by atomic mass is 16.5. The number of hydrogen-bond acceptors (Lipinski definition) is 3. The molecule has 3 amide bonds. The Morgan fingerprint density at radius 3 is 2.45 bits per heavy atom. The maximum atomic E-state index is 12.4. The van der Waals surface area contributed by atoms with Gasteiger partial charge in [-0.1, -0.05) is 31.5 Å². The third-order valence-electron chi connectivity index (χ3n) is 4.07. The van der Waals surface area contributed by atoms with Gasteiger partial charge in [0.1, 0.15) is 17.9 Å². The molecular weight excluding hydrogens is 280 g/mol. The topological polar surface area (TPSA) is 58.6 Å². The van der Waals surface area contributed by atoms with E-state index in [-0.39, 0.29) is 18.5 Å².